The zero-order valence-corrected chi connectivity index (χ0v) is 24.9. The van der Waals surface area contributed by atoms with E-state index in [1.807, 2.05) is 24.9 Å². The van der Waals surface area contributed by atoms with E-state index in [1.165, 1.54) is 19.3 Å². The number of benzene rings is 2. The summed E-state index contributed by atoms with van der Waals surface area (Å²) in [5.41, 5.74) is 1.76. The number of fused-ring (bicyclic) bond motifs is 2. The molecule has 1 atom stereocenters. The van der Waals surface area contributed by atoms with Crippen LogP contribution >= 0.6 is 0 Å². The molecule has 44 heavy (non-hydrogen) atoms. The quantitative estimate of drug-likeness (QED) is 0.226. The zero-order valence-electron chi connectivity index (χ0n) is 24.9. The molecule has 4 heterocycles. The zero-order chi connectivity index (χ0) is 31.0. The SMILES string of the molecule is CCc1c(F)ccc2cccc(-c3ncc4c(N(C)C5CCN(C(=O)/C=C/c6ccnc(C)n6)C5)nc(OC)nc4c3F)c12. The lowest BCUT2D eigenvalue weighted by molar-refractivity contribution is -0.124. The molecule has 2 aromatic carbocycles. The minimum Gasteiger partial charge on any atom is -0.467 e. The van der Waals surface area contributed by atoms with Crippen LogP contribution in [0, 0.1) is 18.6 Å². The smallest absolute Gasteiger partial charge is 0.318 e. The number of likely N-dealkylation sites (N-methyl/N-ethyl adjacent to an activating group) is 1. The number of halogens is 2. The maximum atomic E-state index is 16.4. The van der Waals surface area contributed by atoms with Crippen LogP contribution in [-0.4, -0.2) is 69.0 Å². The first-order valence-corrected chi connectivity index (χ1v) is 14.4. The number of carbonyl (C=O) groups excluding carboxylic acids is 1. The van der Waals surface area contributed by atoms with Gasteiger partial charge in [-0.05, 0) is 54.3 Å². The predicted molar refractivity (Wildman–Crippen MR) is 165 cm³/mol. The lowest BCUT2D eigenvalue weighted by Crippen LogP contribution is -2.36. The fraction of sp³-hybridized carbons (Fsp3) is 0.273. The molecule has 224 valence electrons. The summed E-state index contributed by atoms with van der Waals surface area (Å²) in [5.74, 6) is -0.0491. The highest BCUT2D eigenvalue weighted by molar-refractivity contribution is 6.01. The van der Waals surface area contributed by atoms with Gasteiger partial charge in [-0.15, -0.1) is 0 Å². The number of aromatic nitrogens is 5. The van der Waals surface area contributed by atoms with Gasteiger partial charge in [-0.25, -0.2) is 18.7 Å². The molecule has 0 N–H and O–H groups in total. The third-order valence-electron chi connectivity index (χ3n) is 8.08. The Hall–Kier alpha value is -5.06. The number of nitrogens with zero attached hydrogens (tertiary/aromatic N) is 7. The van der Waals surface area contributed by atoms with Crippen molar-refractivity contribution in [3.8, 4) is 17.3 Å². The number of amides is 1. The Bertz CT molecular complexity index is 1930. The highest BCUT2D eigenvalue weighted by Gasteiger charge is 2.31. The monoisotopic (exact) mass is 595 g/mol. The van der Waals surface area contributed by atoms with Gasteiger partial charge in [-0.2, -0.15) is 9.97 Å². The number of anilines is 1. The van der Waals surface area contributed by atoms with Gasteiger partial charge in [0.25, 0.3) is 0 Å². The lowest BCUT2D eigenvalue weighted by Gasteiger charge is -2.27. The topological polar surface area (TPSA) is 97.2 Å². The molecule has 6 rings (SSSR count). The van der Waals surface area contributed by atoms with Crippen LogP contribution in [0.1, 0.15) is 30.4 Å². The van der Waals surface area contributed by atoms with E-state index in [0.717, 1.165) is 5.39 Å². The summed E-state index contributed by atoms with van der Waals surface area (Å²) < 4.78 is 36.5. The average Bonchev–Trinajstić information content (AvgIpc) is 3.54. The second-order valence-corrected chi connectivity index (χ2v) is 10.7. The number of pyridine rings is 1. The van der Waals surface area contributed by atoms with Crippen molar-refractivity contribution >= 4 is 39.5 Å². The lowest BCUT2D eigenvalue weighted by atomic mass is 9.95. The molecule has 1 saturated heterocycles. The standard InChI is InChI=1S/C33H31F2N7O2/c1-5-23-26(34)11-9-20-7-6-8-24(28(20)23)30-29(35)31-25(17-37-30)32(40-33(39-31)44-4)41(3)22-14-16-42(18-22)27(43)12-10-21-13-15-36-19(2)38-21/h6-13,15,17,22H,5,14,16,18H2,1-4H3/b12-10+. The number of methoxy groups -OCH3 is 1. The maximum Gasteiger partial charge on any atom is 0.318 e. The molecule has 1 amide bonds. The number of hydrogen-bond acceptors (Lipinski definition) is 8. The van der Waals surface area contributed by atoms with Gasteiger partial charge in [0, 0.05) is 50.2 Å². The van der Waals surface area contributed by atoms with Crippen molar-refractivity contribution in [3.05, 3.63) is 83.6 Å². The molecule has 1 fully saturated rings. The van der Waals surface area contributed by atoms with Crippen LogP contribution < -0.4 is 9.64 Å². The molecule has 5 aromatic rings. The molecule has 1 aliphatic rings. The van der Waals surface area contributed by atoms with Crippen LogP contribution in [0.5, 0.6) is 6.01 Å². The van der Waals surface area contributed by atoms with E-state index in [0.29, 0.717) is 65.2 Å². The van der Waals surface area contributed by atoms with Crippen LogP contribution in [0.3, 0.4) is 0 Å². The van der Waals surface area contributed by atoms with Crippen molar-refractivity contribution < 1.29 is 18.3 Å². The molecule has 0 spiro atoms. The van der Waals surface area contributed by atoms with E-state index in [2.05, 4.69) is 24.9 Å². The summed E-state index contributed by atoms with van der Waals surface area (Å²) in [6.07, 6.45) is 7.52. The minimum absolute atomic E-state index is 0.00242. The number of aryl methyl sites for hydroxylation is 2. The molecule has 1 unspecified atom stereocenters. The molecule has 0 radical (unpaired) electrons. The second-order valence-electron chi connectivity index (χ2n) is 10.7. The molecule has 3 aromatic heterocycles. The third kappa shape index (κ3) is 5.29. The first-order chi connectivity index (χ1) is 21.3. The molecular weight excluding hydrogens is 564 g/mol. The Morgan fingerprint density at radius 2 is 1.98 bits per heavy atom. The van der Waals surface area contributed by atoms with Crippen LogP contribution in [0.25, 0.3) is 39.0 Å². The predicted octanol–water partition coefficient (Wildman–Crippen LogP) is 5.54. The van der Waals surface area contributed by atoms with Gasteiger partial charge in [0.15, 0.2) is 5.82 Å². The number of rotatable bonds is 7. The summed E-state index contributed by atoms with van der Waals surface area (Å²) in [6.45, 7) is 4.66. The van der Waals surface area contributed by atoms with Gasteiger partial charge in [0.1, 0.15) is 28.7 Å². The van der Waals surface area contributed by atoms with Gasteiger partial charge in [-0.1, -0.05) is 31.2 Å². The Labute approximate surface area is 253 Å². The van der Waals surface area contributed by atoms with Gasteiger partial charge in [-0.3, -0.25) is 9.78 Å². The van der Waals surface area contributed by atoms with E-state index >= 15 is 4.39 Å². The van der Waals surface area contributed by atoms with E-state index in [1.54, 1.807) is 54.6 Å². The van der Waals surface area contributed by atoms with Gasteiger partial charge < -0.3 is 14.5 Å². The summed E-state index contributed by atoms with van der Waals surface area (Å²) in [4.78, 5) is 38.4. The van der Waals surface area contributed by atoms with Crippen LogP contribution in [0.15, 0.2) is 54.9 Å². The van der Waals surface area contributed by atoms with E-state index < -0.39 is 5.82 Å². The van der Waals surface area contributed by atoms with Crippen LogP contribution in [0.2, 0.25) is 0 Å². The summed E-state index contributed by atoms with van der Waals surface area (Å²) in [6, 6.07) is 10.2. The normalized spacial score (nSPS) is 15.0. The summed E-state index contributed by atoms with van der Waals surface area (Å²) in [5, 5.41) is 1.82. The minimum atomic E-state index is -0.648. The molecule has 0 saturated carbocycles. The van der Waals surface area contributed by atoms with E-state index in [9.17, 15) is 9.18 Å². The number of likely N-dealkylation sites (tertiary alicyclic amines) is 1. The molecule has 1 aliphatic heterocycles. The Morgan fingerprint density at radius 1 is 1.14 bits per heavy atom. The third-order valence-corrected chi connectivity index (χ3v) is 8.08. The van der Waals surface area contributed by atoms with Gasteiger partial charge >= 0.3 is 6.01 Å². The van der Waals surface area contributed by atoms with Crippen LogP contribution in [0.4, 0.5) is 14.6 Å². The van der Waals surface area contributed by atoms with E-state index in [4.69, 9.17) is 4.74 Å². The fourth-order valence-electron chi connectivity index (χ4n) is 5.80. The van der Waals surface area contributed by atoms with E-state index in [-0.39, 0.29) is 35.0 Å². The molecule has 11 heteroatoms. The van der Waals surface area contributed by atoms with Crippen molar-refractivity contribution in [3.63, 3.8) is 0 Å². The molecule has 0 aliphatic carbocycles. The van der Waals surface area contributed by atoms with Crippen molar-refractivity contribution in [2.45, 2.75) is 32.7 Å². The summed E-state index contributed by atoms with van der Waals surface area (Å²) >= 11 is 0. The largest absolute Gasteiger partial charge is 0.467 e. The second kappa shape index (κ2) is 11.9. The Morgan fingerprint density at radius 3 is 2.75 bits per heavy atom. The van der Waals surface area contributed by atoms with Crippen molar-refractivity contribution in [1.82, 2.24) is 29.8 Å². The first kappa shape index (κ1) is 29.0. The maximum absolute atomic E-state index is 16.4. The highest BCUT2D eigenvalue weighted by atomic mass is 19.1. The van der Waals surface area contributed by atoms with Crippen LogP contribution in [-0.2, 0) is 11.2 Å². The number of carbonyl (C=O) groups is 1. The van der Waals surface area contributed by atoms with Crippen molar-refractivity contribution in [2.24, 2.45) is 0 Å². The van der Waals surface area contributed by atoms with Gasteiger partial charge in [0.2, 0.25) is 5.91 Å². The summed E-state index contributed by atoms with van der Waals surface area (Å²) in [7, 11) is 3.28. The number of ether oxygens (including phenoxy) is 1. The molecule has 0 bridgehead atoms. The Kier molecular flexibility index (Phi) is 7.86. The highest BCUT2D eigenvalue weighted by Crippen LogP contribution is 2.37. The molecular formula is C33H31F2N7O2. The van der Waals surface area contributed by atoms with Gasteiger partial charge in [0.05, 0.1) is 18.2 Å². The fourth-order valence-corrected chi connectivity index (χ4v) is 5.80. The number of hydrogen-bond donors (Lipinski definition) is 0. The Balaban J connectivity index is 1.33. The average molecular weight is 596 g/mol. The van der Waals surface area contributed by atoms with Crippen molar-refractivity contribution in [2.75, 3.05) is 32.1 Å². The molecule has 9 nitrogen and oxygen atoms in total. The van der Waals surface area contributed by atoms with Crippen molar-refractivity contribution in [1.29, 1.82) is 0 Å². The first-order valence-electron chi connectivity index (χ1n) is 14.4.